The SMILES string of the molecule is CO[C@@H]1O[C@@H](COS(=O)(=O)O)[C@@H](O[C@@H]2O[C@H](COS(=O)(=O)O)[C@H](O)[C@H](O)[C@H]2O)[C@@H](OC)[C@@H]1O. The molecule has 10 atom stereocenters. The molecule has 196 valence electrons. The highest BCUT2D eigenvalue weighted by atomic mass is 32.3. The van der Waals surface area contributed by atoms with Crippen molar-refractivity contribution in [3.63, 3.8) is 0 Å². The minimum absolute atomic E-state index is 0.876. The summed E-state index contributed by atoms with van der Waals surface area (Å²) in [7, 11) is -7.57. The Morgan fingerprint density at radius 3 is 1.67 bits per heavy atom. The first-order chi connectivity index (χ1) is 15.2. The fraction of sp³-hybridized carbons (Fsp3) is 1.00. The molecule has 0 bridgehead atoms. The van der Waals surface area contributed by atoms with Crippen LogP contribution in [0.15, 0.2) is 0 Å². The second-order valence-corrected chi connectivity index (χ2v) is 9.19. The third kappa shape index (κ3) is 7.68. The van der Waals surface area contributed by atoms with Crippen molar-refractivity contribution < 1.29 is 78.4 Å². The van der Waals surface area contributed by atoms with Crippen molar-refractivity contribution in [2.75, 3.05) is 27.4 Å². The molecule has 0 aromatic heterocycles. The molecule has 0 aromatic rings. The van der Waals surface area contributed by atoms with E-state index in [4.69, 9.17) is 32.8 Å². The van der Waals surface area contributed by atoms with Crippen molar-refractivity contribution in [2.45, 2.75) is 61.4 Å². The van der Waals surface area contributed by atoms with Crippen LogP contribution in [0.2, 0.25) is 0 Å². The quantitative estimate of drug-likeness (QED) is 0.146. The van der Waals surface area contributed by atoms with Gasteiger partial charge in [-0.05, 0) is 0 Å². The summed E-state index contributed by atoms with van der Waals surface area (Å²) in [6, 6.07) is 0. The Kier molecular flexibility index (Phi) is 9.89. The lowest BCUT2D eigenvalue weighted by Crippen LogP contribution is -2.65. The number of rotatable bonds is 10. The lowest BCUT2D eigenvalue weighted by atomic mass is 9.97. The molecule has 6 N–H and O–H groups in total. The molecule has 2 heterocycles. The highest BCUT2D eigenvalue weighted by molar-refractivity contribution is 7.81. The molecule has 0 radical (unpaired) electrons. The van der Waals surface area contributed by atoms with Gasteiger partial charge in [0, 0.05) is 14.2 Å². The minimum Gasteiger partial charge on any atom is -0.387 e. The van der Waals surface area contributed by atoms with Crippen LogP contribution in [0, 0.1) is 0 Å². The van der Waals surface area contributed by atoms with Gasteiger partial charge in [0.1, 0.15) is 48.8 Å². The van der Waals surface area contributed by atoms with Crippen LogP contribution in [-0.4, -0.2) is 135 Å². The maximum absolute atomic E-state index is 11.0. The Morgan fingerprint density at radius 1 is 0.667 bits per heavy atom. The smallest absolute Gasteiger partial charge is 0.387 e. The van der Waals surface area contributed by atoms with Crippen LogP contribution in [0.4, 0.5) is 0 Å². The molecule has 0 unspecified atom stereocenters. The van der Waals surface area contributed by atoms with Crippen molar-refractivity contribution in [1.29, 1.82) is 0 Å². The average Bonchev–Trinajstić information content (AvgIpc) is 2.71. The molecular formula is C14H26O17S2. The van der Waals surface area contributed by atoms with Gasteiger partial charge in [-0.25, -0.2) is 8.37 Å². The number of methoxy groups -OCH3 is 2. The molecule has 2 aliphatic rings. The van der Waals surface area contributed by atoms with Gasteiger partial charge < -0.3 is 44.1 Å². The van der Waals surface area contributed by atoms with Crippen LogP contribution >= 0.6 is 0 Å². The van der Waals surface area contributed by atoms with E-state index in [9.17, 15) is 37.3 Å². The molecule has 0 aliphatic carbocycles. The Hall–Kier alpha value is -0.620. The fourth-order valence-corrected chi connectivity index (χ4v) is 3.90. The summed E-state index contributed by atoms with van der Waals surface area (Å²) in [6.45, 7) is -1.86. The Labute approximate surface area is 188 Å². The summed E-state index contributed by atoms with van der Waals surface area (Å²) >= 11 is 0. The van der Waals surface area contributed by atoms with Gasteiger partial charge in [0.2, 0.25) is 0 Å². The van der Waals surface area contributed by atoms with Gasteiger partial charge in [0.25, 0.3) is 0 Å². The number of hydrogen-bond donors (Lipinski definition) is 6. The predicted molar refractivity (Wildman–Crippen MR) is 99.0 cm³/mol. The zero-order valence-corrected chi connectivity index (χ0v) is 18.8. The molecule has 0 aromatic carbocycles. The second-order valence-electron chi connectivity index (χ2n) is 7.01. The molecule has 33 heavy (non-hydrogen) atoms. The number of ether oxygens (including phenoxy) is 5. The molecule has 19 heteroatoms. The topological polar surface area (TPSA) is 254 Å². The predicted octanol–water partition coefficient (Wildman–Crippen LogP) is -4.43. The van der Waals surface area contributed by atoms with Gasteiger partial charge in [-0.1, -0.05) is 0 Å². The molecule has 2 fully saturated rings. The zero-order valence-electron chi connectivity index (χ0n) is 17.2. The Bertz CT molecular complexity index is 833. The van der Waals surface area contributed by atoms with E-state index in [-0.39, 0.29) is 0 Å². The lowest BCUT2D eigenvalue weighted by Gasteiger charge is -2.46. The maximum atomic E-state index is 11.0. The largest absolute Gasteiger partial charge is 0.397 e. The molecule has 17 nitrogen and oxygen atoms in total. The molecule has 2 saturated heterocycles. The van der Waals surface area contributed by atoms with Gasteiger partial charge in [-0.2, -0.15) is 16.8 Å². The van der Waals surface area contributed by atoms with Gasteiger partial charge in [-0.3, -0.25) is 9.11 Å². The van der Waals surface area contributed by atoms with E-state index in [1.165, 1.54) is 0 Å². The fourth-order valence-electron chi connectivity index (χ4n) is 3.29. The highest BCUT2D eigenvalue weighted by Gasteiger charge is 2.51. The van der Waals surface area contributed by atoms with Crippen molar-refractivity contribution in [3.05, 3.63) is 0 Å². The monoisotopic (exact) mass is 530 g/mol. The third-order valence-corrected chi connectivity index (χ3v) is 5.71. The first kappa shape index (κ1) is 28.6. The van der Waals surface area contributed by atoms with Gasteiger partial charge in [0.15, 0.2) is 12.6 Å². The summed E-state index contributed by atoms with van der Waals surface area (Å²) in [5.41, 5.74) is 0. The molecule has 0 spiro atoms. The van der Waals surface area contributed by atoms with Crippen LogP contribution in [0.1, 0.15) is 0 Å². The Morgan fingerprint density at radius 2 is 1.18 bits per heavy atom. The minimum atomic E-state index is -4.94. The number of aliphatic hydroxyl groups is 4. The summed E-state index contributed by atoms with van der Waals surface area (Å²) in [5, 5.41) is 40.7. The van der Waals surface area contributed by atoms with Crippen LogP contribution in [0.25, 0.3) is 0 Å². The summed E-state index contributed by atoms with van der Waals surface area (Å²) in [5.74, 6) is 0. The summed E-state index contributed by atoms with van der Waals surface area (Å²) < 4.78 is 95.8. The normalized spacial score (nSPS) is 40.6. The molecule has 2 rings (SSSR count). The van der Waals surface area contributed by atoms with E-state index in [0.717, 1.165) is 14.2 Å². The molecule has 2 aliphatic heterocycles. The van der Waals surface area contributed by atoms with E-state index < -0.39 is 95.4 Å². The second kappa shape index (κ2) is 11.4. The van der Waals surface area contributed by atoms with E-state index in [2.05, 4.69) is 8.37 Å². The molecule has 0 amide bonds. The third-order valence-electron chi connectivity index (χ3n) is 4.84. The number of aliphatic hydroxyl groups excluding tert-OH is 4. The molecular weight excluding hydrogens is 504 g/mol. The van der Waals surface area contributed by atoms with E-state index >= 15 is 0 Å². The Balaban J connectivity index is 2.26. The molecule has 0 saturated carbocycles. The maximum Gasteiger partial charge on any atom is 0.397 e. The van der Waals surface area contributed by atoms with Crippen molar-refractivity contribution in [2.24, 2.45) is 0 Å². The van der Waals surface area contributed by atoms with Crippen molar-refractivity contribution >= 4 is 20.8 Å². The average molecular weight is 530 g/mol. The van der Waals surface area contributed by atoms with Gasteiger partial charge in [0.05, 0.1) is 13.2 Å². The first-order valence-corrected chi connectivity index (χ1v) is 11.9. The lowest BCUT2D eigenvalue weighted by molar-refractivity contribution is -0.358. The van der Waals surface area contributed by atoms with Gasteiger partial charge >= 0.3 is 20.8 Å². The zero-order chi connectivity index (χ0) is 25.1. The van der Waals surface area contributed by atoms with Crippen molar-refractivity contribution in [1.82, 2.24) is 0 Å². The highest BCUT2D eigenvalue weighted by Crippen LogP contribution is 2.31. The van der Waals surface area contributed by atoms with E-state index in [1.54, 1.807) is 0 Å². The van der Waals surface area contributed by atoms with E-state index in [0.29, 0.717) is 0 Å². The standard InChI is InChI=1S/C14H26O17S2/c1-25-12-10(18)13(26-2)30-6(4-28-33(22,23)24)11(12)31-14-9(17)8(16)7(15)5(29-14)3-27-32(19,20)21/h5-18H,3-4H2,1-2H3,(H,19,20,21)(H,22,23,24)/t5-,6+,7+,8+,9-,10+,11-,12+,13-,14+/m1/s1. The van der Waals surface area contributed by atoms with Crippen LogP contribution in [-0.2, 0) is 52.8 Å². The number of hydrogen-bond acceptors (Lipinski definition) is 15. The summed E-state index contributed by atoms with van der Waals surface area (Å²) in [4.78, 5) is 0. The first-order valence-electron chi connectivity index (χ1n) is 9.16. The van der Waals surface area contributed by atoms with Gasteiger partial charge in [-0.15, -0.1) is 0 Å². The van der Waals surface area contributed by atoms with Crippen LogP contribution in [0.3, 0.4) is 0 Å². The van der Waals surface area contributed by atoms with Crippen LogP contribution in [0.5, 0.6) is 0 Å². The summed E-state index contributed by atoms with van der Waals surface area (Å²) in [6.07, 6.45) is -16.4. The van der Waals surface area contributed by atoms with E-state index in [1.807, 2.05) is 0 Å². The van der Waals surface area contributed by atoms with Crippen molar-refractivity contribution in [3.8, 4) is 0 Å². The van der Waals surface area contributed by atoms with Crippen LogP contribution < -0.4 is 0 Å².